The largest absolute Gasteiger partial charge is 0.495 e. The molecule has 1 amide bonds. The van der Waals surface area contributed by atoms with Crippen molar-refractivity contribution in [2.45, 2.75) is 0 Å². The zero-order chi connectivity index (χ0) is 14.5. The number of terminal acetylenes is 1. The van der Waals surface area contributed by atoms with Crippen LogP contribution in [0, 0.1) is 12.3 Å². The van der Waals surface area contributed by atoms with Crippen LogP contribution < -0.4 is 15.4 Å². The lowest BCUT2D eigenvalue weighted by Crippen LogP contribution is -2.17. The van der Waals surface area contributed by atoms with Crippen LogP contribution >= 0.6 is 0 Å². The SMILES string of the molecule is [2H]C([2H])([2H])NC(=O)c1ccc(NCC#C)c(OC)c1. The van der Waals surface area contributed by atoms with Gasteiger partial charge in [-0.25, -0.2) is 0 Å². The number of benzene rings is 1. The highest BCUT2D eigenvalue weighted by Gasteiger charge is 2.08. The Labute approximate surface area is 99.2 Å². The van der Waals surface area contributed by atoms with E-state index < -0.39 is 12.9 Å². The van der Waals surface area contributed by atoms with Gasteiger partial charge in [0.1, 0.15) is 5.75 Å². The molecule has 84 valence electrons. The van der Waals surface area contributed by atoms with Gasteiger partial charge in [0, 0.05) is 16.7 Å². The van der Waals surface area contributed by atoms with Gasteiger partial charge < -0.3 is 15.4 Å². The topological polar surface area (TPSA) is 50.4 Å². The van der Waals surface area contributed by atoms with Crippen LogP contribution in [-0.2, 0) is 0 Å². The van der Waals surface area contributed by atoms with Crippen LogP contribution in [0.2, 0.25) is 0 Å². The van der Waals surface area contributed by atoms with E-state index in [0.717, 1.165) is 0 Å². The van der Waals surface area contributed by atoms with Crippen LogP contribution in [0.4, 0.5) is 5.69 Å². The van der Waals surface area contributed by atoms with Crippen molar-refractivity contribution in [1.29, 1.82) is 0 Å². The molecular formula is C12H14N2O2. The molecule has 0 atom stereocenters. The highest BCUT2D eigenvalue weighted by molar-refractivity contribution is 5.95. The first-order chi connectivity index (χ1) is 8.87. The lowest BCUT2D eigenvalue weighted by atomic mass is 10.1. The Kier molecular flexibility index (Phi) is 2.85. The van der Waals surface area contributed by atoms with Crippen molar-refractivity contribution in [2.75, 3.05) is 25.9 Å². The minimum absolute atomic E-state index is 0.194. The number of carbonyl (C=O) groups is 1. The summed E-state index contributed by atoms with van der Waals surface area (Å²) in [5, 5.41) is 4.83. The van der Waals surface area contributed by atoms with Crippen LogP contribution in [0.25, 0.3) is 0 Å². The third-order valence-electron chi connectivity index (χ3n) is 1.96. The van der Waals surface area contributed by atoms with Crippen LogP contribution in [-0.4, -0.2) is 26.5 Å². The van der Waals surface area contributed by atoms with Crippen LogP contribution in [0.15, 0.2) is 18.2 Å². The summed E-state index contributed by atoms with van der Waals surface area (Å²) < 4.78 is 26.0. The predicted octanol–water partition coefficient (Wildman–Crippen LogP) is 1.10. The Morgan fingerprint density at radius 2 is 2.50 bits per heavy atom. The third kappa shape index (κ3) is 2.67. The number of amides is 1. The molecule has 0 aliphatic heterocycles. The fraction of sp³-hybridized carbons (Fsp3) is 0.250. The standard InChI is InChI=1S/C12H14N2O2/c1-4-7-14-10-6-5-9(12(15)13-2)8-11(10)16-3/h1,5-6,8,14H,7H2,2-3H3,(H,13,15)/i2D3. The summed E-state index contributed by atoms with van der Waals surface area (Å²) >= 11 is 0. The lowest BCUT2D eigenvalue weighted by Gasteiger charge is -2.10. The summed E-state index contributed by atoms with van der Waals surface area (Å²) in [6.07, 6.45) is 5.14. The van der Waals surface area contributed by atoms with Gasteiger partial charge in [-0.1, -0.05) is 5.92 Å². The zero-order valence-electron chi connectivity index (χ0n) is 11.8. The van der Waals surface area contributed by atoms with Gasteiger partial charge >= 0.3 is 0 Å². The maximum atomic E-state index is 11.7. The van der Waals surface area contributed by atoms with E-state index in [-0.39, 0.29) is 5.56 Å². The fourth-order valence-corrected chi connectivity index (χ4v) is 1.20. The van der Waals surface area contributed by atoms with Crippen LogP contribution in [0.5, 0.6) is 5.75 Å². The van der Waals surface area contributed by atoms with Crippen molar-refractivity contribution in [3.63, 3.8) is 0 Å². The number of hydrogen-bond acceptors (Lipinski definition) is 3. The van der Waals surface area contributed by atoms with E-state index in [9.17, 15) is 4.79 Å². The lowest BCUT2D eigenvalue weighted by molar-refractivity contribution is 0.0963. The van der Waals surface area contributed by atoms with Crippen molar-refractivity contribution in [1.82, 2.24) is 5.32 Å². The number of ether oxygens (including phenoxy) is 1. The summed E-state index contributed by atoms with van der Waals surface area (Å²) in [4.78, 5) is 11.7. The summed E-state index contributed by atoms with van der Waals surface area (Å²) in [7, 11) is 1.45. The Hall–Kier alpha value is -2.15. The van der Waals surface area contributed by atoms with Gasteiger partial charge in [0.05, 0.1) is 19.3 Å². The number of nitrogens with one attached hydrogen (secondary N) is 2. The van der Waals surface area contributed by atoms with Gasteiger partial charge in [-0.15, -0.1) is 6.42 Å². The molecule has 2 N–H and O–H groups in total. The molecule has 0 radical (unpaired) electrons. The highest BCUT2D eigenvalue weighted by Crippen LogP contribution is 2.25. The normalized spacial score (nSPS) is 12.6. The van der Waals surface area contributed by atoms with E-state index in [1.165, 1.54) is 19.2 Å². The molecule has 0 aliphatic carbocycles. The van der Waals surface area contributed by atoms with E-state index in [1.807, 2.05) is 5.32 Å². The molecule has 0 spiro atoms. The first-order valence-electron chi connectivity index (χ1n) is 6.05. The van der Waals surface area contributed by atoms with Crippen molar-refractivity contribution >= 4 is 11.6 Å². The van der Waals surface area contributed by atoms with Crippen LogP contribution in [0.3, 0.4) is 0 Å². The van der Waals surface area contributed by atoms with Crippen molar-refractivity contribution in [3.05, 3.63) is 23.8 Å². The Bertz CT molecular complexity index is 507. The molecule has 0 bridgehead atoms. The molecule has 0 unspecified atom stereocenters. The third-order valence-corrected chi connectivity index (χ3v) is 1.96. The first kappa shape index (κ1) is 8.05. The van der Waals surface area contributed by atoms with E-state index in [1.54, 1.807) is 6.07 Å². The second-order valence-electron chi connectivity index (χ2n) is 2.93. The van der Waals surface area contributed by atoms with Crippen molar-refractivity contribution in [3.8, 4) is 18.1 Å². The average Bonchev–Trinajstić information content (AvgIpc) is 2.34. The van der Waals surface area contributed by atoms with E-state index in [0.29, 0.717) is 18.0 Å². The number of anilines is 1. The van der Waals surface area contributed by atoms with Crippen molar-refractivity contribution in [2.24, 2.45) is 0 Å². The van der Waals surface area contributed by atoms with Gasteiger partial charge in [-0.05, 0) is 18.2 Å². The van der Waals surface area contributed by atoms with Gasteiger partial charge in [0.15, 0.2) is 0 Å². The van der Waals surface area contributed by atoms with Gasteiger partial charge in [0.2, 0.25) is 0 Å². The second-order valence-corrected chi connectivity index (χ2v) is 2.93. The molecule has 1 rings (SSSR count). The molecule has 0 saturated heterocycles. The van der Waals surface area contributed by atoms with Crippen molar-refractivity contribution < 1.29 is 13.6 Å². The van der Waals surface area contributed by atoms with Crippen LogP contribution in [0.1, 0.15) is 14.5 Å². The molecule has 16 heavy (non-hydrogen) atoms. The summed E-state index contributed by atoms with van der Waals surface area (Å²) in [6.45, 7) is -2.21. The maximum Gasteiger partial charge on any atom is 0.251 e. The quantitative estimate of drug-likeness (QED) is 0.749. The maximum absolute atomic E-state index is 11.7. The molecule has 0 fully saturated rings. The second kappa shape index (κ2) is 5.66. The molecular weight excluding hydrogens is 204 g/mol. The van der Waals surface area contributed by atoms with Gasteiger partial charge in [0.25, 0.3) is 5.91 Å². The highest BCUT2D eigenvalue weighted by atomic mass is 16.5. The Morgan fingerprint density at radius 3 is 3.12 bits per heavy atom. The molecule has 0 heterocycles. The summed E-state index contributed by atoms with van der Waals surface area (Å²) in [5.74, 6) is 2.13. The molecule has 4 heteroatoms. The Morgan fingerprint density at radius 1 is 1.69 bits per heavy atom. The summed E-state index contributed by atoms with van der Waals surface area (Å²) in [5.41, 5.74) is 0.824. The number of carbonyl (C=O) groups excluding carboxylic acids is 1. The smallest absolute Gasteiger partial charge is 0.251 e. The minimum Gasteiger partial charge on any atom is -0.495 e. The number of hydrogen-bond donors (Lipinski definition) is 2. The number of rotatable bonds is 4. The summed E-state index contributed by atoms with van der Waals surface area (Å²) in [6, 6.07) is 4.53. The van der Waals surface area contributed by atoms with E-state index in [4.69, 9.17) is 15.3 Å². The van der Waals surface area contributed by atoms with E-state index in [2.05, 4.69) is 11.2 Å². The average molecular weight is 221 g/mol. The molecule has 4 nitrogen and oxygen atoms in total. The van der Waals surface area contributed by atoms with Gasteiger partial charge in [-0.2, -0.15) is 0 Å². The molecule has 1 aromatic rings. The zero-order valence-corrected chi connectivity index (χ0v) is 8.83. The molecule has 1 aromatic carbocycles. The minimum atomic E-state index is -2.52. The van der Waals surface area contributed by atoms with E-state index >= 15 is 0 Å². The molecule has 0 aromatic heterocycles. The molecule has 0 aliphatic rings. The fourth-order valence-electron chi connectivity index (χ4n) is 1.20. The predicted molar refractivity (Wildman–Crippen MR) is 63.7 cm³/mol. The number of methoxy groups -OCH3 is 1. The van der Waals surface area contributed by atoms with Gasteiger partial charge in [-0.3, -0.25) is 4.79 Å². The first-order valence-corrected chi connectivity index (χ1v) is 4.55. The Balaban J connectivity index is 2.94. The molecule has 0 saturated carbocycles. The monoisotopic (exact) mass is 221 g/mol.